The third kappa shape index (κ3) is 5.09. The quantitative estimate of drug-likeness (QED) is 0.741. The fourth-order valence-electron chi connectivity index (χ4n) is 3.40. The fourth-order valence-corrected chi connectivity index (χ4v) is 5.31. The molecule has 2 aromatic rings. The largest absolute Gasteiger partial charge is 0.497 e. The van der Waals surface area contributed by atoms with Crippen LogP contribution in [0.25, 0.3) is 10.9 Å². The lowest BCUT2D eigenvalue weighted by molar-refractivity contribution is -0.121. The van der Waals surface area contributed by atoms with Crippen LogP contribution >= 0.6 is 0 Å². The monoisotopic (exact) mass is 392 g/mol. The van der Waals surface area contributed by atoms with Crippen molar-refractivity contribution in [3.05, 3.63) is 40.2 Å². The second-order valence-electron chi connectivity index (χ2n) is 6.98. The molecule has 7 nitrogen and oxygen atoms in total. The minimum absolute atomic E-state index is 0.0843. The number of hydrogen-bond donors (Lipinski definition) is 2. The maximum absolute atomic E-state index is 12.2. The molecule has 8 heteroatoms. The number of sulfone groups is 1. The van der Waals surface area contributed by atoms with E-state index >= 15 is 0 Å². The predicted octanol–water partition coefficient (Wildman–Crippen LogP) is 1.41. The number of benzene rings is 1. The van der Waals surface area contributed by atoms with Crippen molar-refractivity contribution in [1.29, 1.82) is 0 Å². The van der Waals surface area contributed by atoms with E-state index in [1.165, 1.54) is 0 Å². The van der Waals surface area contributed by atoms with Crippen LogP contribution in [0.3, 0.4) is 0 Å². The van der Waals surface area contributed by atoms with Crippen LogP contribution in [-0.2, 0) is 21.1 Å². The van der Waals surface area contributed by atoms with Crippen LogP contribution in [0.5, 0.6) is 5.75 Å². The number of amides is 1. The van der Waals surface area contributed by atoms with E-state index in [-0.39, 0.29) is 28.9 Å². The zero-order valence-corrected chi connectivity index (χ0v) is 16.1. The first kappa shape index (κ1) is 19.4. The maximum Gasteiger partial charge on any atom is 0.251 e. The summed E-state index contributed by atoms with van der Waals surface area (Å²) in [6.45, 7) is 0.368. The molecule has 1 aliphatic heterocycles. The number of nitrogens with one attached hydrogen (secondary N) is 2. The van der Waals surface area contributed by atoms with Gasteiger partial charge in [-0.25, -0.2) is 8.42 Å². The number of rotatable bonds is 7. The Morgan fingerprint density at radius 2 is 2.15 bits per heavy atom. The summed E-state index contributed by atoms with van der Waals surface area (Å²) in [5.74, 6) is 1.07. The number of methoxy groups -OCH3 is 1. The molecule has 1 aromatic heterocycles. The highest BCUT2D eigenvalue weighted by Crippen LogP contribution is 2.22. The summed E-state index contributed by atoms with van der Waals surface area (Å²) in [7, 11) is -1.33. The number of carbonyl (C=O) groups excluding carboxylic acids is 1. The summed E-state index contributed by atoms with van der Waals surface area (Å²) in [6, 6.07) is 7.30. The second-order valence-corrected chi connectivity index (χ2v) is 9.21. The smallest absolute Gasteiger partial charge is 0.251 e. The van der Waals surface area contributed by atoms with E-state index < -0.39 is 9.84 Å². The number of H-pyrrole nitrogens is 1. The lowest BCUT2D eigenvalue weighted by Gasteiger charge is -2.09. The van der Waals surface area contributed by atoms with Crippen molar-refractivity contribution < 1.29 is 17.9 Å². The van der Waals surface area contributed by atoms with Gasteiger partial charge in [0, 0.05) is 24.6 Å². The summed E-state index contributed by atoms with van der Waals surface area (Å²) in [5.41, 5.74) is 1.13. The Bertz CT molecular complexity index is 997. The minimum atomic E-state index is -2.90. The van der Waals surface area contributed by atoms with Crippen molar-refractivity contribution in [2.75, 3.05) is 25.2 Å². The maximum atomic E-state index is 12.2. The first-order valence-electron chi connectivity index (χ1n) is 9.03. The molecule has 0 bridgehead atoms. The van der Waals surface area contributed by atoms with E-state index in [1.54, 1.807) is 13.2 Å². The van der Waals surface area contributed by atoms with Gasteiger partial charge in [0.2, 0.25) is 5.91 Å². The molecule has 3 rings (SSSR count). The Kier molecular flexibility index (Phi) is 5.84. The molecule has 1 saturated heterocycles. The molecule has 1 aliphatic rings. The molecule has 27 heavy (non-hydrogen) atoms. The topological polar surface area (TPSA) is 105 Å². The molecule has 146 valence electrons. The zero-order chi connectivity index (χ0) is 19.4. The van der Waals surface area contributed by atoms with Crippen molar-refractivity contribution >= 4 is 26.6 Å². The Morgan fingerprint density at radius 3 is 2.85 bits per heavy atom. The molecule has 2 N–H and O–H groups in total. The number of pyridine rings is 1. The Morgan fingerprint density at radius 1 is 1.33 bits per heavy atom. The van der Waals surface area contributed by atoms with Crippen molar-refractivity contribution in [3.8, 4) is 5.75 Å². The molecule has 1 amide bonds. The minimum Gasteiger partial charge on any atom is -0.497 e. The number of aromatic nitrogens is 1. The SMILES string of the molecule is COc1ccc2cc(CCNC(=O)CCC3CCS(=O)(=O)C3)c(=O)[nH]c2c1. The lowest BCUT2D eigenvalue weighted by Crippen LogP contribution is -2.27. The van der Waals surface area contributed by atoms with Crippen LogP contribution in [0.2, 0.25) is 0 Å². The molecule has 0 spiro atoms. The van der Waals surface area contributed by atoms with Crippen LogP contribution in [0.15, 0.2) is 29.1 Å². The first-order valence-corrected chi connectivity index (χ1v) is 10.9. The van der Waals surface area contributed by atoms with Gasteiger partial charge in [0.05, 0.1) is 24.1 Å². The number of ether oxygens (including phenoxy) is 1. The summed E-state index contributed by atoms with van der Waals surface area (Å²) in [4.78, 5) is 27.0. The van der Waals surface area contributed by atoms with E-state index in [1.807, 2.05) is 18.2 Å². The molecule has 0 aliphatic carbocycles. The number of fused-ring (bicyclic) bond motifs is 1. The Hall–Kier alpha value is -2.35. The van der Waals surface area contributed by atoms with Crippen LogP contribution in [0, 0.1) is 5.92 Å². The van der Waals surface area contributed by atoms with Gasteiger partial charge in [-0.15, -0.1) is 0 Å². The summed E-state index contributed by atoms with van der Waals surface area (Å²) >= 11 is 0. The van der Waals surface area contributed by atoms with Crippen molar-refractivity contribution in [3.63, 3.8) is 0 Å². The molecule has 1 fully saturated rings. The van der Waals surface area contributed by atoms with Gasteiger partial charge in [-0.05, 0) is 48.8 Å². The zero-order valence-electron chi connectivity index (χ0n) is 15.3. The summed E-state index contributed by atoms with van der Waals surface area (Å²) < 4.78 is 28.0. The Labute approximate surface area is 158 Å². The molecule has 2 heterocycles. The van der Waals surface area contributed by atoms with E-state index in [0.717, 1.165) is 5.39 Å². The average molecular weight is 392 g/mol. The van der Waals surface area contributed by atoms with E-state index in [2.05, 4.69) is 10.3 Å². The van der Waals surface area contributed by atoms with Crippen LogP contribution in [0.1, 0.15) is 24.8 Å². The van der Waals surface area contributed by atoms with Crippen LogP contribution < -0.4 is 15.6 Å². The molecule has 0 saturated carbocycles. The number of aromatic amines is 1. The third-order valence-electron chi connectivity index (χ3n) is 4.95. The van der Waals surface area contributed by atoms with Gasteiger partial charge in [-0.3, -0.25) is 9.59 Å². The molecular formula is C19H24N2O5S. The first-order chi connectivity index (χ1) is 12.9. The molecule has 1 aromatic carbocycles. The van der Waals surface area contributed by atoms with Crippen LogP contribution in [0.4, 0.5) is 0 Å². The van der Waals surface area contributed by atoms with Gasteiger partial charge in [0.15, 0.2) is 9.84 Å². The summed E-state index contributed by atoms with van der Waals surface area (Å²) in [5, 5.41) is 3.71. The van der Waals surface area contributed by atoms with Gasteiger partial charge in [-0.2, -0.15) is 0 Å². The van der Waals surface area contributed by atoms with Gasteiger partial charge < -0.3 is 15.0 Å². The molecule has 1 unspecified atom stereocenters. The lowest BCUT2D eigenvalue weighted by atomic mass is 10.0. The third-order valence-corrected chi connectivity index (χ3v) is 6.79. The molecular weight excluding hydrogens is 368 g/mol. The number of hydrogen-bond acceptors (Lipinski definition) is 5. The normalized spacial score (nSPS) is 18.5. The Balaban J connectivity index is 1.50. The highest BCUT2D eigenvalue weighted by atomic mass is 32.2. The van der Waals surface area contributed by atoms with E-state index in [0.29, 0.717) is 49.1 Å². The second kappa shape index (κ2) is 8.12. The number of carbonyl (C=O) groups is 1. The van der Waals surface area contributed by atoms with Gasteiger partial charge in [0.1, 0.15) is 5.75 Å². The van der Waals surface area contributed by atoms with E-state index in [4.69, 9.17) is 4.74 Å². The molecule has 0 radical (unpaired) electrons. The average Bonchev–Trinajstić information content (AvgIpc) is 2.99. The van der Waals surface area contributed by atoms with Gasteiger partial charge in [0.25, 0.3) is 5.56 Å². The van der Waals surface area contributed by atoms with Gasteiger partial charge >= 0.3 is 0 Å². The fraction of sp³-hybridized carbons (Fsp3) is 0.474. The predicted molar refractivity (Wildman–Crippen MR) is 104 cm³/mol. The highest BCUT2D eigenvalue weighted by molar-refractivity contribution is 7.91. The summed E-state index contributed by atoms with van der Waals surface area (Å²) in [6.07, 6.45) is 1.98. The standard InChI is InChI=1S/C19H24N2O5S/c1-26-16-4-3-14-10-15(19(23)21-17(14)11-16)6-8-20-18(22)5-2-13-7-9-27(24,25)12-13/h3-4,10-11,13H,2,5-9,12H2,1H3,(H,20,22)(H,21,23). The molecule has 1 atom stereocenters. The van der Waals surface area contributed by atoms with Crippen molar-refractivity contribution in [2.24, 2.45) is 5.92 Å². The van der Waals surface area contributed by atoms with Crippen LogP contribution in [-0.4, -0.2) is 44.5 Å². The highest BCUT2D eigenvalue weighted by Gasteiger charge is 2.27. The van der Waals surface area contributed by atoms with Gasteiger partial charge in [-0.1, -0.05) is 0 Å². The van der Waals surface area contributed by atoms with E-state index in [9.17, 15) is 18.0 Å². The van der Waals surface area contributed by atoms with Crippen molar-refractivity contribution in [1.82, 2.24) is 10.3 Å². The van der Waals surface area contributed by atoms with Crippen molar-refractivity contribution in [2.45, 2.75) is 25.7 Å².